The zero-order chi connectivity index (χ0) is 15.4. The number of amides is 1. The van der Waals surface area contributed by atoms with Crippen molar-refractivity contribution < 1.29 is 9.53 Å². The highest BCUT2D eigenvalue weighted by Crippen LogP contribution is 2.34. The van der Waals surface area contributed by atoms with E-state index in [1.807, 2.05) is 30.3 Å². The minimum absolute atomic E-state index is 0.0988. The van der Waals surface area contributed by atoms with E-state index in [-0.39, 0.29) is 18.6 Å². The lowest BCUT2D eigenvalue weighted by atomic mass is 9.96. The van der Waals surface area contributed by atoms with E-state index in [1.54, 1.807) is 7.05 Å². The molecule has 6 heteroatoms. The molecule has 2 heterocycles. The molecule has 2 saturated heterocycles. The number of fused-ring (bicyclic) bond motifs is 2. The molecule has 2 bridgehead atoms. The zero-order valence-electron chi connectivity index (χ0n) is 12.7. The van der Waals surface area contributed by atoms with Crippen molar-refractivity contribution in [2.45, 2.75) is 37.5 Å². The van der Waals surface area contributed by atoms with Crippen LogP contribution < -0.4 is 16.0 Å². The minimum atomic E-state index is -0.0988. The predicted octanol–water partition coefficient (Wildman–Crippen LogP) is 1.11. The van der Waals surface area contributed by atoms with Gasteiger partial charge < -0.3 is 20.7 Å². The van der Waals surface area contributed by atoms with Crippen LogP contribution >= 0.6 is 0 Å². The van der Waals surface area contributed by atoms with Crippen molar-refractivity contribution in [2.24, 2.45) is 4.99 Å². The second kappa shape index (κ2) is 6.79. The first kappa shape index (κ1) is 14.8. The van der Waals surface area contributed by atoms with Gasteiger partial charge in [0.15, 0.2) is 5.96 Å². The van der Waals surface area contributed by atoms with Crippen molar-refractivity contribution in [3.63, 3.8) is 0 Å². The fraction of sp³-hybridized carbons (Fsp3) is 0.500. The third-order valence-corrected chi connectivity index (χ3v) is 4.13. The summed E-state index contributed by atoms with van der Waals surface area (Å²) in [7, 11) is 1.71. The quantitative estimate of drug-likeness (QED) is 0.575. The van der Waals surface area contributed by atoms with Gasteiger partial charge >= 0.3 is 0 Å². The summed E-state index contributed by atoms with van der Waals surface area (Å²) in [6, 6.07) is 9.70. The Balaban J connectivity index is 1.44. The maximum absolute atomic E-state index is 11.9. The number of nitrogens with zero attached hydrogens (tertiary/aromatic N) is 1. The van der Waals surface area contributed by atoms with Crippen LogP contribution in [0.4, 0.5) is 5.69 Å². The van der Waals surface area contributed by atoms with E-state index in [0.29, 0.717) is 18.1 Å². The van der Waals surface area contributed by atoms with Crippen LogP contribution in [0.5, 0.6) is 0 Å². The van der Waals surface area contributed by atoms with Crippen LogP contribution in [0.1, 0.15) is 19.3 Å². The Morgan fingerprint density at radius 2 is 2.14 bits per heavy atom. The number of nitrogens with one attached hydrogen (secondary N) is 3. The first-order valence-electron chi connectivity index (χ1n) is 7.72. The summed E-state index contributed by atoms with van der Waals surface area (Å²) in [6.07, 6.45) is 3.95. The largest absolute Gasteiger partial charge is 0.373 e. The molecule has 0 spiro atoms. The zero-order valence-corrected chi connectivity index (χ0v) is 12.7. The number of aliphatic imine (C=N–C) groups is 1. The van der Waals surface area contributed by atoms with E-state index in [2.05, 4.69) is 20.9 Å². The average molecular weight is 302 g/mol. The van der Waals surface area contributed by atoms with Gasteiger partial charge in [0, 0.05) is 12.7 Å². The van der Waals surface area contributed by atoms with Crippen molar-refractivity contribution in [2.75, 3.05) is 18.9 Å². The van der Waals surface area contributed by atoms with E-state index >= 15 is 0 Å². The maximum atomic E-state index is 11.9. The monoisotopic (exact) mass is 302 g/mol. The van der Waals surface area contributed by atoms with Crippen molar-refractivity contribution >= 4 is 17.6 Å². The van der Waals surface area contributed by atoms with Crippen LogP contribution in [0.3, 0.4) is 0 Å². The fourth-order valence-corrected chi connectivity index (χ4v) is 3.05. The number of benzene rings is 1. The number of rotatable bonds is 4. The molecule has 22 heavy (non-hydrogen) atoms. The Kier molecular flexibility index (Phi) is 4.58. The molecule has 0 aromatic heterocycles. The Morgan fingerprint density at radius 3 is 2.77 bits per heavy atom. The molecule has 1 aromatic carbocycles. The molecule has 2 fully saturated rings. The molecular weight excluding hydrogens is 280 g/mol. The Hall–Kier alpha value is -2.08. The molecule has 0 radical (unpaired) electrons. The number of guanidine groups is 1. The number of carbonyl (C=O) groups excluding carboxylic acids is 1. The van der Waals surface area contributed by atoms with E-state index in [1.165, 1.54) is 0 Å². The first-order chi connectivity index (χ1) is 10.7. The Labute approximate surface area is 130 Å². The maximum Gasteiger partial charge on any atom is 0.243 e. The topological polar surface area (TPSA) is 74.8 Å². The first-order valence-corrected chi connectivity index (χ1v) is 7.72. The lowest BCUT2D eigenvalue weighted by Crippen LogP contribution is -2.49. The second-order valence-electron chi connectivity index (χ2n) is 5.70. The summed E-state index contributed by atoms with van der Waals surface area (Å²) in [5, 5.41) is 9.23. The van der Waals surface area contributed by atoms with Gasteiger partial charge in [0.05, 0.1) is 24.8 Å². The highest BCUT2D eigenvalue weighted by molar-refractivity contribution is 5.95. The van der Waals surface area contributed by atoms with E-state index in [4.69, 9.17) is 4.74 Å². The van der Waals surface area contributed by atoms with Gasteiger partial charge in [-0.1, -0.05) is 18.2 Å². The van der Waals surface area contributed by atoms with Gasteiger partial charge in [-0.25, -0.2) is 0 Å². The van der Waals surface area contributed by atoms with Gasteiger partial charge in [-0.3, -0.25) is 9.79 Å². The van der Waals surface area contributed by atoms with E-state index < -0.39 is 0 Å². The van der Waals surface area contributed by atoms with Crippen LogP contribution in [-0.2, 0) is 9.53 Å². The molecule has 2 aliphatic heterocycles. The second-order valence-corrected chi connectivity index (χ2v) is 5.70. The molecule has 2 aliphatic rings. The van der Waals surface area contributed by atoms with Crippen LogP contribution in [0, 0.1) is 0 Å². The van der Waals surface area contributed by atoms with Gasteiger partial charge in [0.25, 0.3) is 0 Å². The van der Waals surface area contributed by atoms with Crippen LogP contribution in [-0.4, -0.2) is 43.7 Å². The lowest BCUT2D eigenvalue weighted by Gasteiger charge is -2.22. The summed E-state index contributed by atoms with van der Waals surface area (Å²) < 4.78 is 5.81. The minimum Gasteiger partial charge on any atom is -0.373 e. The average Bonchev–Trinajstić information content (AvgIpc) is 3.15. The van der Waals surface area contributed by atoms with Crippen molar-refractivity contribution in [1.29, 1.82) is 0 Å². The number of hydrogen-bond acceptors (Lipinski definition) is 3. The Bertz CT molecular complexity index is 546. The smallest absolute Gasteiger partial charge is 0.243 e. The standard InChI is InChI=1S/C16H22N4O2/c1-17-16(20-13-9-12-7-8-14(13)22-12)18-10-15(21)19-11-5-3-2-4-6-11/h2-6,12-14H,7-10H2,1H3,(H,19,21)(H2,17,18,20). The van der Waals surface area contributed by atoms with Gasteiger partial charge in [0.1, 0.15) is 0 Å². The predicted molar refractivity (Wildman–Crippen MR) is 85.9 cm³/mol. The molecule has 3 rings (SSSR count). The van der Waals surface area contributed by atoms with Gasteiger partial charge in [0.2, 0.25) is 5.91 Å². The summed E-state index contributed by atoms with van der Waals surface area (Å²) in [4.78, 5) is 16.1. The molecule has 3 N–H and O–H groups in total. The number of para-hydroxylation sites is 1. The summed E-state index contributed by atoms with van der Waals surface area (Å²) in [5.74, 6) is 0.544. The van der Waals surface area contributed by atoms with Crippen molar-refractivity contribution in [3.8, 4) is 0 Å². The van der Waals surface area contributed by atoms with Gasteiger partial charge in [-0.05, 0) is 31.4 Å². The van der Waals surface area contributed by atoms with E-state index in [0.717, 1.165) is 24.9 Å². The highest BCUT2D eigenvalue weighted by atomic mass is 16.5. The molecule has 118 valence electrons. The van der Waals surface area contributed by atoms with Crippen LogP contribution in [0.2, 0.25) is 0 Å². The third-order valence-electron chi connectivity index (χ3n) is 4.13. The summed E-state index contributed by atoms with van der Waals surface area (Å²) in [5.41, 5.74) is 0.791. The number of carbonyl (C=O) groups is 1. The van der Waals surface area contributed by atoms with Crippen molar-refractivity contribution in [3.05, 3.63) is 30.3 Å². The van der Waals surface area contributed by atoms with Gasteiger partial charge in [-0.15, -0.1) is 0 Å². The van der Waals surface area contributed by atoms with Crippen LogP contribution in [0.15, 0.2) is 35.3 Å². The molecule has 3 unspecified atom stereocenters. The van der Waals surface area contributed by atoms with Crippen LogP contribution in [0.25, 0.3) is 0 Å². The molecular formula is C16H22N4O2. The summed E-state index contributed by atoms with van der Waals surface area (Å²) >= 11 is 0. The number of ether oxygens (including phenoxy) is 1. The molecule has 0 saturated carbocycles. The van der Waals surface area contributed by atoms with E-state index in [9.17, 15) is 4.79 Å². The third kappa shape index (κ3) is 3.57. The number of anilines is 1. The molecule has 3 atom stereocenters. The lowest BCUT2D eigenvalue weighted by molar-refractivity contribution is -0.115. The highest BCUT2D eigenvalue weighted by Gasteiger charge is 2.41. The molecule has 6 nitrogen and oxygen atoms in total. The molecule has 1 amide bonds. The van der Waals surface area contributed by atoms with Crippen molar-refractivity contribution in [1.82, 2.24) is 10.6 Å². The fourth-order valence-electron chi connectivity index (χ4n) is 3.05. The SMILES string of the molecule is CN=C(NCC(=O)Nc1ccccc1)NC1CC2CCC1O2. The Morgan fingerprint density at radius 1 is 1.32 bits per heavy atom. The normalized spacial score (nSPS) is 26.8. The number of hydrogen-bond donors (Lipinski definition) is 3. The summed E-state index contributed by atoms with van der Waals surface area (Å²) in [6.45, 7) is 0.177. The molecule has 0 aliphatic carbocycles. The molecule has 1 aromatic rings. The van der Waals surface area contributed by atoms with Gasteiger partial charge in [-0.2, -0.15) is 0 Å².